The number of hydrogen-bond donors (Lipinski definition) is 2. The van der Waals surface area contributed by atoms with Gasteiger partial charge in [-0.25, -0.2) is 0 Å². The number of fused-ring (bicyclic) bond motifs is 1. The summed E-state index contributed by atoms with van der Waals surface area (Å²) in [5, 5.41) is 0. The fourth-order valence-electron chi connectivity index (χ4n) is 4.10. The van der Waals surface area contributed by atoms with Gasteiger partial charge in [-0.05, 0) is 49.5 Å². The second-order valence-corrected chi connectivity index (χ2v) is 6.82. The van der Waals surface area contributed by atoms with Crippen LogP contribution in [0.1, 0.15) is 39.5 Å². The van der Waals surface area contributed by atoms with Gasteiger partial charge in [0.15, 0.2) is 0 Å². The van der Waals surface area contributed by atoms with E-state index < -0.39 is 5.66 Å². The fourth-order valence-corrected chi connectivity index (χ4v) is 4.10. The number of allylic oxidation sites excluding steroid dienone is 2. The van der Waals surface area contributed by atoms with Crippen LogP contribution in [-0.2, 0) is 4.74 Å². The zero-order valence-electron chi connectivity index (χ0n) is 13.5. The third-order valence-corrected chi connectivity index (χ3v) is 5.25. The largest absolute Gasteiger partial charge is 0.494 e. The summed E-state index contributed by atoms with van der Waals surface area (Å²) >= 11 is 0. The molecule has 3 heteroatoms. The van der Waals surface area contributed by atoms with Crippen LogP contribution < -0.4 is 11.5 Å². The van der Waals surface area contributed by atoms with Gasteiger partial charge in [-0.2, -0.15) is 0 Å². The Labute approximate surface area is 129 Å². The summed E-state index contributed by atoms with van der Waals surface area (Å²) in [6, 6.07) is 0. The van der Waals surface area contributed by atoms with Crippen molar-refractivity contribution in [1.29, 1.82) is 0 Å². The molecule has 4 atom stereocenters. The maximum absolute atomic E-state index is 6.26. The van der Waals surface area contributed by atoms with Crippen LogP contribution in [0.5, 0.6) is 0 Å². The highest BCUT2D eigenvalue weighted by atomic mass is 16.5. The first-order chi connectivity index (χ1) is 9.86. The highest BCUT2D eigenvalue weighted by molar-refractivity contribution is 5.21. The van der Waals surface area contributed by atoms with Crippen LogP contribution in [0, 0.1) is 23.7 Å². The van der Waals surface area contributed by atoms with Gasteiger partial charge in [-0.15, -0.1) is 0 Å². The molecular formula is C18H30N2O. The van der Waals surface area contributed by atoms with E-state index >= 15 is 0 Å². The average Bonchev–Trinajstić information content (AvgIpc) is 2.93. The Balaban J connectivity index is 1.84. The molecule has 3 unspecified atom stereocenters. The Morgan fingerprint density at radius 2 is 2.05 bits per heavy atom. The predicted octanol–water partition coefficient (Wildman–Crippen LogP) is 3.33. The molecule has 0 amide bonds. The van der Waals surface area contributed by atoms with Crippen molar-refractivity contribution in [2.75, 3.05) is 6.61 Å². The molecule has 0 heterocycles. The molecule has 21 heavy (non-hydrogen) atoms. The van der Waals surface area contributed by atoms with Gasteiger partial charge in [0.1, 0.15) is 5.76 Å². The van der Waals surface area contributed by atoms with Gasteiger partial charge in [-0.3, -0.25) is 0 Å². The van der Waals surface area contributed by atoms with E-state index in [4.69, 9.17) is 16.2 Å². The number of hydrogen-bond acceptors (Lipinski definition) is 3. The van der Waals surface area contributed by atoms with E-state index in [1.807, 2.05) is 13.0 Å². The highest BCUT2D eigenvalue weighted by Crippen LogP contribution is 2.52. The van der Waals surface area contributed by atoms with E-state index in [0.717, 1.165) is 18.6 Å². The number of rotatable bonds is 7. The molecule has 4 N–H and O–H groups in total. The molecular weight excluding hydrogens is 260 g/mol. The summed E-state index contributed by atoms with van der Waals surface area (Å²) in [5.41, 5.74) is 12.8. The Morgan fingerprint density at radius 3 is 2.67 bits per heavy atom. The summed E-state index contributed by atoms with van der Waals surface area (Å²) in [4.78, 5) is 0. The van der Waals surface area contributed by atoms with E-state index in [1.165, 1.54) is 19.3 Å². The van der Waals surface area contributed by atoms with Crippen LogP contribution in [0.25, 0.3) is 0 Å². The molecule has 0 aromatic heterocycles. The maximum Gasteiger partial charge on any atom is 0.114 e. The third-order valence-electron chi connectivity index (χ3n) is 5.25. The van der Waals surface area contributed by atoms with Gasteiger partial charge in [0.25, 0.3) is 0 Å². The smallest absolute Gasteiger partial charge is 0.114 e. The minimum absolute atomic E-state index is 0.416. The quantitative estimate of drug-likeness (QED) is 0.248. The van der Waals surface area contributed by atoms with E-state index in [2.05, 4.69) is 26.2 Å². The summed E-state index contributed by atoms with van der Waals surface area (Å²) in [6.07, 6.45) is 8.91. The molecule has 2 aliphatic carbocycles. The van der Waals surface area contributed by atoms with Crippen molar-refractivity contribution in [3.05, 3.63) is 36.6 Å². The zero-order chi connectivity index (χ0) is 15.6. The molecule has 1 fully saturated rings. The van der Waals surface area contributed by atoms with Crippen molar-refractivity contribution in [2.24, 2.45) is 35.1 Å². The van der Waals surface area contributed by atoms with E-state index in [1.54, 1.807) is 0 Å². The van der Waals surface area contributed by atoms with Crippen molar-refractivity contribution in [3.8, 4) is 0 Å². The molecule has 3 nitrogen and oxygen atoms in total. The van der Waals surface area contributed by atoms with Crippen LogP contribution in [0.4, 0.5) is 0 Å². The average molecular weight is 290 g/mol. The van der Waals surface area contributed by atoms with E-state index in [9.17, 15) is 0 Å². The molecule has 1 saturated carbocycles. The number of nitrogens with two attached hydrogens (primary N) is 2. The maximum atomic E-state index is 6.26. The standard InChI is InChI=1S/C18H30N2O/c1-5-14-11-15(7-6-10-21-13(4)12(2)3)16-8-9-18(19,20)17(14)16/h8-9,14-17H,2,4-7,10-11,19-20H2,1,3H3/t14?,15-,16?,17?/m0/s1. The lowest BCUT2D eigenvalue weighted by atomic mass is 9.82. The minimum atomic E-state index is -0.606. The topological polar surface area (TPSA) is 61.3 Å². The predicted molar refractivity (Wildman–Crippen MR) is 88.3 cm³/mol. The lowest BCUT2D eigenvalue weighted by Crippen LogP contribution is -2.54. The summed E-state index contributed by atoms with van der Waals surface area (Å²) in [7, 11) is 0. The summed E-state index contributed by atoms with van der Waals surface area (Å²) < 4.78 is 5.61. The Bertz CT molecular complexity index is 438. The second-order valence-electron chi connectivity index (χ2n) is 6.82. The summed E-state index contributed by atoms with van der Waals surface area (Å²) in [6.45, 7) is 12.6. The fraction of sp³-hybridized carbons (Fsp3) is 0.667. The lowest BCUT2D eigenvalue weighted by molar-refractivity contribution is 0.201. The molecule has 118 valence electrons. The Morgan fingerprint density at radius 1 is 1.33 bits per heavy atom. The molecule has 2 rings (SSSR count). The molecule has 2 aliphatic rings. The molecule has 0 spiro atoms. The molecule has 0 aromatic rings. The molecule has 0 saturated heterocycles. The SMILES string of the molecule is C=C(C)C(=C)OCCC[C@H]1CC(CC)C2C1C=CC2(N)N. The zero-order valence-corrected chi connectivity index (χ0v) is 13.5. The molecule has 0 radical (unpaired) electrons. The first kappa shape index (κ1) is 16.3. The minimum Gasteiger partial charge on any atom is -0.494 e. The Kier molecular flexibility index (Phi) is 4.95. The molecule has 0 aliphatic heterocycles. The van der Waals surface area contributed by atoms with Crippen molar-refractivity contribution < 1.29 is 4.74 Å². The van der Waals surface area contributed by atoms with Gasteiger partial charge >= 0.3 is 0 Å². The third kappa shape index (κ3) is 3.41. The lowest BCUT2D eigenvalue weighted by Gasteiger charge is -2.31. The second kappa shape index (κ2) is 6.37. The number of ether oxygens (including phenoxy) is 1. The van der Waals surface area contributed by atoms with Gasteiger partial charge in [0.05, 0.1) is 12.3 Å². The van der Waals surface area contributed by atoms with Crippen molar-refractivity contribution >= 4 is 0 Å². The van der Waals surface area contributed by atoms with Crippen LogP contribution in [0.15, 0.2) is 36.6 Å². The normalized spacial score (nSPS) is 33.0. The molecule has 0 bridgehead atoms. The van der Waals surface area contributed by atoms with E-state index in [-0.39, 0.29) is 0 Å². The van der Waals surface area contributed by atoms with Crippen LogP contribution >= 0.6 is 0 Å². The van der Waals surface area contributed by atoms with Gasteiger partial charge in [0, 0.05) is 5.92 Å². The molecule has 0 aromatic carbocycles. The van der Waals surface area contributed by atoms with E-state index in [0.29, 0.717) is 29.4 Å². The first-order valence-electron chi connectivity index (χ1n) is 8.11. The van der Waals surface area contributed by atoms with Crippen LogP contribution in [0.2, 0.25) is 0 Å². The van der Waals surface area contributed by atoms with Crippen molar-refractivity contribution in [3.63, 3.8) is 0 Å². The van der Waals surface area contributed by atoms with Crippen molar-refractivity contribution in [1.82, 2.24) is 0 Å². The van der Waals surface area contributed by atoms with Gasteiger partial charge in [-0.1, -0.05) is 38.7 Å². The van der Waals surface area contributed by atoms with Gasteiger partial charge < -0.3 is 16.2 Å². The van der Waals surface area contributed by atoms with Gasteiger partial charge in [0.2, 0.25) is 0 Å². The highest BCUT2D eigenvalue weighted by Gasteiger charge is 2.50. The summed E-state index contributed by atoms with van der Waals surface area (Å²) in [5.74, 6) is 3.01. The monoisotopic (exact) mass is 290 g/mol. The van der Waals surface area contributed by atoms with Crippen LogP contribution in [-0.4, -0.2) is 12.3 Å². The van der Waals surface area contributed by atoms with Crippen LogP contribution in [0.3, 0.4) is 0 Å². The van der Waals surface area contributed by atoms with Crippen molar-refractivity contribution in [2.45, 2.75) is 45.2 Å². The Hall–Kier alpha value is -1.06. The first-order valence-corrected chi connectivity index (χ1v) is 8.11.